The number of ether oxygens (including phenoxy) is 1. The van der Waals surface area contributed by atoms with Crippen LogP contribution < -0.4 is 10.6 Å². The zero-order valence-corrected chi connectivity index (χ0v) is 24.6. The van der Waals surface area contributed by atoms with Gasteiger partial charge in [-0.2, -0.15) is 0 Å². The Balaban J connectivity index is 1.63. The number of hydrogen-bond acceptors (Lipinski definition) is 4. The number of hydrogen-bond donors (Lipinski definition) is 3. The monoisotopic (exact) mass is 552 g/mol. The number of imidazole rings is 1. The van der Waals surface area contributed by atoms with Crippen molar-refractivity contribution in [3.05, 3.63) is 64.4 Å². The van der Waals surface area contributed by atoms with Crippen LogP contribution in [-0.2, 0) is 26.2 Å². The SMILES string of the molecule is CCNC(=O)C(NC(=O)C(C)(COC)c1ccc2nc(CC(c3ccccc3Cl)C3(C)CC3)[nH]c2c1)C(C)C. The van der Waals surface area contributed by atoms with E-state index in [0.717, 1.165) is 39.4 Å². The lowest BCUT2D eigenvalue weighted by atomic mass is 9.81. The van der Waals surface area contributed by atoms with Crippen LogP contribution in [0, 0.1) is 11.3 Å². The fourth-order valence-corrected chi connectivity index (χ4v) is 5.69. The molecule has 0 spiro atoms. The number of benzene rings is 2. The van der Waals surface area contributed by atoms with Gasteiger partial charge in [-0.05, 0) is 73.3 Å². The molecule has 1 saturated carbocycles. The number of carbonyl (C=O) groups excluding carboxylic acids is 2. The van der Waals surface area contributed by atoms with Crippen molar-refractivity contribution >= 4 is 34.4 Å². The van der Waals surface area contributed by atoms with Crippen LogP contribution in [0.25, 0.3) is 11.0 Å². The Kier molecular flexibility index (Phi) is 8.72. The Morgan fingerprint density at radius 3 is 2.54 bits per heavy atom. The zero-order valence-electron chi connectivity index (χ0n) is 23.9. The van der Waals surface area contributed by atoms with Crippen LogP contribution in [0.4, 0.5) is 0 Å². The second kappa shape index (κ2) is 11.7. The number of nitrogens with one attached hydrogen (secondary N) is 3. The number of nitrogens with zero attached hydrogens (tertiary/aromatic N) is 1. The Bertz CT molecular complexity index is 1330. The summed E-state index contributed by atoms with van der Waals surface area (Å²) in [6.45, 7) is 10.5. The standard InChI is InChI=1S/C31H41ClN4O3/c1-7-33-28(37)27(19(2)3)36-29(38)31(5,18-39-6)20-12-13-24-25(16-20)35-26(34-24)17-22(30(4)14-15-30)21-10-8-9-11-23(21)32/h8-13,16,19,22,27H,7,14-15,17-18H2,1-6H3,(H,33,37)(H,34,35)(H,36,38). The number of likely N-dealkylation sites (N-methyl/N-ethyl adjacent to an activating group) is 1. The molecule has 210 valence electrons. The van der Waals surface area contributed by atoms with Gasteiger partial charge in [-0.1, -0.05) is 56.6 Å². The molecule has 1 fully saturated rings. The maximum Gasteiger partial charge on any atom is 0.242 e. The number of aromatic amines is 1. The molecule has 1 aliphatic rings. The molecular formula is C31H41ClN4O3. The molecule has 0 bridgehead atoms. The van der Waals surface area contributed by atoms with Crippen LogP contribution in [0.3, 0.4) is 0 Å². The van der Waals surface area contributed by atoms with Crippen molar-refractivity contribution in [2.45, 2.75) is 71.3 Å². The number of fused-ring (bicyclic) bond motifs is 1. The highest BCUT2D eigenvalue weighted by Gasteiger charge is 2.46. The van der Waals surface area contributed by atoms with Crippen LogP contribution in [0.1, 0.15) is 70.3 Å². The highest BCUT2D eigenvalue weighted by atomic mass is 35.5. The van der Waals surface area contributed by atoms with Crippen molar-refractivity contribution in [2.75, 3.05) is 20.3 Å². The Morgan fingerprint density at radius 2 is 1.92 bits per heavy atom. The highest BCUT2D eigenvalue weighted by molar-refractivity contribution is 6.31. The maximum atomic E-state index is 13.7. The topological polar surface area (TPSA) is 96.1 Å². The van der Waals surface area contributed by atoms with E-state index in [1.165, 1.54) is 12.8 Å². The van der Waals surface area contributed by atoms with Gasteiger partial charge in [0.1, 0.15) is 11.9 Å². The molecule has 1 aromatic heterocycles. The van der Waals surface area contributed by atoms with E-state index >= 15 is 0 Å². The van der Waals surface area contributed by atoms with E-state index in [4.69, 9.17) is 21.3 Å². The molecule has 2 amide bonds. The summed E-state index contributed by atoms with van der Waals surface area (Å²) >= 11 is 6.62. The average Bonchev–Trinajstić information content (AvgIpc) is 3.51. The van der Waals surface area contributed by atoms with Crippen LogP contribution in [-0.4, -0.2) is 48.1 Å². The molecule has 3 atom stereocenters. The minimum atomic E-state index is -1.00. The van der Waals surface area contributed by atoms with E-state index in [0.29, 0.717) is 6.54 Å². The molecule has 1 aliphatic carbocycles. The molecule has 3 unspecified atom stereocenters. The molecule has 1 heterocycles. The van der Waals surface area contributed by atoms with Crippen molar-refractivity contribution in [3.8, 4) is 0 Å². The van der Waals surface area contributed by atoms with Gasteiger partial charge in [0.2, 0.25) is 11.8 Å². The summed E-state index contributed by atoms with van der Waals surface area (Å²) in [5, 5.41) is 6.60. The summed E-state index contributed by atoms with van der Waals surface area (Å²) in [5.41, 5.74) is 2.86. The van der Waals surface area contributed by atoms with Crippen molar-refractivity contribution in [1.29, 1.82) is 0 Å². The summed E-state index contributed by atoms with van der Waals surface area (Å²) in [5.74, 6) is 0.650. The normalized spacial score (nSPS) is 17.4. The lowest BCUT2D eigenvalue weighted by molar-refractivity contribution is -0.134. The lowest BCUT2D eigenvalue weighted by Crippen LogP contribution is -2.55. The number of aromatic nitrogens is 2. The molecule has 8 heteroatoms. The zero-order chi connectivity index (χ0) is 28.4. The van der Waals surface area contributed by atoms with E-state index in [1.807, 2.05) is 64.1 Å². The summed E-state index contributed by atoms with van der Waals surface area (Å²) in [6.07, 6.45) is 3.10. The van der Waals surface area contributed by atoms with Crippen molar-refractivity contribution < 1.29 is 14.3 Å². The number of amides is 2. The van der Waals surface area contributed by atoms with E-state index in [1.54, 1.807) is 7.11 Å². The summed E-state index contributed by atoms with van der Waals surface area (Å²) in [7, 11) is 1.58. The van der Waals surface area contributed by atoms with E-state index < -0.39 is 11.5 Å². The summed E-state index contributed by atoms with van der Waals surface area (Å²) < 4.78 is 5.51. The Labute approximate surface area is 236 Å². The van der Waals surface area contributed by atoms with Crippen LogP contribution >= 0.6 is 11.6 Å². The smallest absolute Gasteiger partial charge is 0.242 e. The van der Waals surface area contributed by atoms with Gasteiger partial charge < -0.3 is 20.4 Å². The molecule has 0 saturated heterocycles. The number of carbonyl (C=O) groups is 2. The molecular weight excluding hydrogens is 512 g/mol. The second-order valence-corrected chi connectivity index (χ2v) is 12.1. The third-order valence-corrected chi connectivity index (χ3v) is 8.59. The number of H-pyrrole nitrogens is 1. The predicted octanol–water partition coefficient (Wildman–Crippen LogP) is 5.52. The highest BCUT2D eigenvalue weighted by Crippen LogP contribution is 2.57. The van der Waals surface area contributed by atoms with E-state index in [-0.39, 0.29) is 35.7 Å². The van der Waals surface area contributed by atoms with Gasteiger partial charge in [0.05, 0.1) is 23.1 Å². The molecule has 0 radical (unpaired) electrons. The van der Waals surface area contributed by atoms with Crippen molar-refractivity contribution in [3.63, 3.8) is 0 Å². The first-order valence-corrected chi connectivity index (χ1v) is 14.2. The third-order valence-electron chi connectivity index (χ3n) is 8.25. The fourth-order valence-electron chi connectivity index (χ4n) is 5.42. The molecule has 4 rings (SSSR count). The van der Waals surface area contributed by atoms with Gasteiger partial charge in [-0.15, -0.1) is 0 Å². The van der Waals surface area contributed by atoms with Crippen molar-refractivity contribution in [2.24, 2.45) is 11.3 Å². The number of methoxy groups -OCH3 is 1. The van der Waals surface area contributed by atoms with Gasteiger partial charge in [-0.25, -0.2) is 4.98 Å². The molecule has 3 aromatic rings. The summed E-state index contributed by atoms with van der Waals surface area (Å²) in [4.78, 5) is 34.7. The van der Waals surface area contributed by atoms with E-state index in [9.17, 15) is 9.59 Å². The largest absolute Gasteiger partial charge is 0.383 e. The minimum absolute atomic E-state index is 0.0654. The fraction of sp³-hybridized carbons (Fsp3) is 0.516. The van der Waals surface area contributed by atoms with Gasteiger partial charge in [-0.3, -0.25) is 9.59 Å². The van der Waals surface area contributed by atoms with Crippen molar-refractivity contribution in [1.82, 2.24) is 20.6 Å². The van der Waals surface area contributed by atoms with Crippen LogP contribution in [0.15, 0.2) is 42.5 Å². The van der Waals surface area contributed by atoms with Gasteiger partial charge in [0, 0.05) is 25.1 Å². The van der Waals surface area contributed by atoms with Gasteiger partial charge in [0.25, 0.3) is 0 Å². The number of rotatable bonds is 12. The first kappa shape index (κ1) is 29.1. The quantitative estimate of drug-likeness (QED) is 0.275. The third kappa shape index (κ3) is 6.15. The Morgan fingerprint density at radius 1 is 1.21 bits per heavy atom. The molecule has 39 heavy (non-hydrogen) atoms. The molecule has 7 nitrogen and oxygen atoms in total. The second-order valence-electron chi connectivity index (χ2n) is 11.7. The first-order valence-electron chi connectivity index (χ1n) is 13.8. The minimum Gasteiger partial charge on any atom is -0.383 e. The Hall–Kier alpha value is -2.90. The lowest BCUT2D eigenvalue weighted by Gasteiger charge is -2.31. The van der Waals surface area contributed by atoms with Crippen LogP contribution in [0.2, 0.25) is 5.02 Å². The van der Waals surface area contributed by atoms with E-state index in [2.05, 4.69) is 28.6 Å². The molecule has 3 N–H and O–H groups in total. The van der Waals surface area contributed by atoms with Crippen LogP contribution in [0.5, 0.6) is 0 Å². The maximum absolute atomic E-state index is 13.7. The van der Waals surface area contributed by atoms with Gasteiger partial charge in [0.15, 0.2) is 0 Å². The first-order chi connectivity index (χ1) is 18.5. The molecule has 2 aromatic carbocycles. The average molecular weight is 553 g/mol. The number of halogens is 1. The molecule has 0 aliphatic heterocycles. The van der Waals surface area contributed by atoms with Gasteiger partial charge >= 0.3 is 0 Å². The summed E-state index contributed by atoms with van der Waals surface area (Å²) in [6, 6.07) is 13.3. The predicted molar refractivity (Wildman–Crippen MR) is 156 cm³/mol.